The molecule has 3 heteroatoms. The molecule has 61 heavy (non-hydrogen) atoms. The largest absolute Gasteiger partial charge is 0.309 e. The van der Waals surface area contributed by atoms with Crippen LogP contribution in [0.3, 0.4) is 0 Å². The van der Waals surface area contributed by atoms with Crippen LogP contribution < -0.4 is 0 Å². The summed E-state index contributed by atoms with van der Waals surface area (Å²) in [6.07, 6.45) is 13.6. The first kappa shape index (κ1) is 36.2. The molecule has 0 saturated carbocycles. The third kappa shape index (κ3) is 6.57. The van der Waals surface area contributed by atoms with E-state index in [1.807, 2.05) is 12.3 Å². The van der Waals surface area contributed by atoms with Crippen LogP contribution in [0, 0.1) is 5.41 Å². The SMILES string of the molecule is N=C(/C=C(\N=Cc1c2ccccc2cc2c1ccc1ccccc12)c1ccccc1-c1ccc2c(c1)c1ccccc1n2-c1ccccc1)c1ccc(C2C=CC=CC2)cc1. The lowest BCUT2D eigenvalue weighted by Gasteiger charge is -2.15. The average molecular weight is 780 g/mol. The Morgan fingerprint density at radius 2 is 1.28 bits per heavy atom. The minimum absolute atomic E-state index is 0.350. The monoisotopic (exact) mass is 779 g/mol. The van der Waals surface area contributed by atoms with E-state index in [1.54, 1.807) is 0 Å². The Morgan fingerprint density at radius 3 is 2.11 bits per heavy atom. The predicted molar refractivity (Wildman–Crippen MR) is 260 cm³/mol. The first-order chi connectivity index (χ1) is 30.2. The Balaban J connectivity index is 1.08. The first-order valence-corrected chi connectivity index (χ1v) is 21.0. The van der Waals surface area contributed by atoms with Gasteiger partial charge in [-0.2, -0.15) is 0 Å². The van der Waals surface area contributed by atoms with E-state index < -0.39 is 0 Å². The van der Waals surface area contributed by atoms with Crippen LogP contribution >= 0.6 is 0 Å². The molecule has 1 atom stereocenters. The summed E-state index contributed by atoms with van der Waals surface area (Å²) in [6.45, 7) is 0. The molecule has 10 aromatic rings. The third-order valence-electron chi connectivity index (χ3n) is 12.3. The van der Waals surface area contributed by atoms with Gasteiger partial charge in [-0.15, -0.1) is 0 Å². The lowest BCUT2D eigenvalue weighted by molar-refractivity contribution is 0.854. The second-order valence-electron chi connectivity index (χ2n) is 15.8. The summed E-state index contributed by atoms with van der Waals surface area (Å²) in [4.78, 5) is 5.42. The standard InChI is InChI=1S/C58H41N3/c59-55(42-29-27-40(28-30-42)39-15-3-1-4-16-39)37-56(60-38-54-48-23-10-8-18-43(48)35-52-46-21-9-7-17-41(46)31-33-49(52)54)50-24-12-11-22-47(50)44-32-34-58-53(36-44)51-25-13-14-26-57(51)61(58)45-19-5-2-6-20-45/h1-15,17-39,59H,16H2/b56-37-,59-55?,60-38?. The van der Waals surface area contributed by atoms with E-state index in [0.717, 1.165) is 67.3 Å². The maximum absolute atomic E-state index is 9.54. The van der Waals surface area contributed by atoms with Crippen molar-refractivity contribution in [3.8, 4) is 16.8 Å². The molecule has 0 amide bonds. The minimum atomic E-state index is 0.350. The fourth-order valence-corrected chi connectivity index (χ4v) is 9.22. The van der Waals surface area contributed by atoms with E-state index in [1.165, 1.54) is 38.0 Å². The highest BCUT2D eigenvalue weighted by Crippen LogP contribution is 2.38. The highest BCUT2D eigenvalue weighted by Gasteiger charge is 2.17. The van der Waals surface area contributed by atoms with Crippen molar-refractivity contribution in [2.45, 2.75) is 12.3 Å². The average Bonchev–Trinajstić information content (AvgIpc) is 3.66. The quantitative estimate of drug-likeness (QED) is 0.0907. The van der Waals surface area contributed by atoms with Crippen LogP contribution in [0.5, 0.6) is 0 Å². The van der Waals surface area contributed by atoms with E-state index in [9.17, 15) is 5.41 Å². The zero-order valence-corrected chi connectivity index (χ0v) is 33.5. The van der Waals surface area contributed by atoms with Crippen molar-refractivity contribution >= 4 is 71.7 Å². The van der Waals surface area contributed by atoms with Gasteiger partial charge in [-0.3, -0.25) is 4.99 Å². The van der Waals surface area contributed by atoms with Gasteiger partial charge in [0, 0.05) is 39.7 Å². The van der Waals surface area contributed by atoms with E-state index >= 15 is 0 Å². The van der Waals surface area contributed by atoms with Gasteiger partial charge in [-0.1, -0.05) is 176 Å². The van der Waals surface area contributed by atoms with Crippen molar-refractivity contribution < 1.29 is 0 Å². The molecule has 1 aromatic heterocycles. The number of fused-ring (bicyclic) bond motifs is 7. The Morgan fingerprint density at radius 1 is 0.557 bits per heavy atom. The molecule has 11 rings (SSSR count). The topological polar surface area (TPSA) is 41.1 Å². The van der Waals surface area contributed by atoms with Gasteiger partial charge in [-0.25, -0.2) is 0 Å². The number of aromatic nitrogens is 1. The van der Waals surface area contributed by atoms with Gasteiger partial charge in [0.05, 0.1) is 22.4 Å². The summed E-state index contributed by atoms with van der Waals surface area (Å²) in [5.41, 5.74) is 10.8. The van der Waals surface area contributed by atoms with Crippen molar-refractivity contribution in [2.75, 3.05) is 0 Å². The van der Waals surface area contributed by atoms with Crippen LogP contribution in [0.4, 0.5) is 0 Å². The minimum Gasteiger partial charge on any atom is -0.309 e. The summed E-state index contributed by atoms with van der Waals surface area (Å²) < 4.78 is 2.35. The second kappa shape index (κ2) is 15.4. The summed E-state index contributed by atoms with van der Waals surface area (Å²) in [5, 5.41) is 19.0. The number of para-hydroxylation sites is 2. The van der Waals surface area contributed by atoms with E-state index in [2.05, 4.69) is 217 Å². The maximum Gasteiger partial charge on any atom is 0.0729 e. The molecule has 1 aliphatic carbocycles. The fraction of sp³-hybridized carbons (Fsp3) is 0.0345. The van der Waals surface area contributed by atoms with Crippen LogP contribution in [-0.4, -0.2) is 16.5 Å². The Kier molecular flexibility index (Phi) is 9.13. The second-order valence-corrected chi connectivity index (χ2v) is 15.8. The molecular formula is C58H41N3. The van der Waals surface area contributed by atoms with Crippen LogP contribution in [0.15, 0.2) is 223 Å². The molecule has 0 radical (unpaired) electrons. The maximum atomic E-state index is 9.54. The number of hydrogen-bond acceptors (Lipinski definition) is 2. The van der Waals surface area contributed by atoms with Gasteiger partial charge in [0.25, 0.3) is 0 Å². The van der Waals surface area contributed by atoms with Gasteiger partial charge < -0.3 is 9.98 Å². The van der Waals surface area contributed by atoms with E-state index in [0.29, 0.717) is 11.6 Å². The number of hydrogen-bond donors (Lipinski definition) is 1. The Bertz CT molecular complexity index is 3450. The van der Waals surface area contributed by atoms with Crippen LogP contribution in [0.25, 0.3) is 76.6 Å². The molecule has 0 aliphatic heterocycles. The van der Waals surface area contributed by atoms with Crippen LogP contribution in [-0.2, 0) is 0 Å². The molecule has 0 bridgehead atoms. The van der Waals surface area contributed by atoms with Crippen molar-refractivity contribution in [1.29, 1.82) is 5.41 Å². The highest BCUT2D eigenvalue weighted by atomic mass is 15.0. The molecule has 3 nitrogen and oxygen atoms in total. The van der Waals surface area contributed by atoms with Crippen LogP contribution in [0.2, 0.25) is 0 Å². The number of nitrogens with zero attached hydrogens (tertiary/aromatic N) is 2. The number of nitrogens with one attached hydrogen (secondary N) is 1. The lowest BCUT2D eigenvalue weighted by Crippen LogP contribution is -2.00. The normalized spacial score (nSPS) is 14.3. The summed E-state index contributed by atoms with van der Waals surface area (Å²) in [7, 11) is 0. The Hall–Kier alpha value is -7.88. The predicted octanol–water partition coefficient (Wildman–Crippen LogP) is 15.0. The first-order valence-electron chi connectivity index (χ1n) is 21.0. The number of allylic oxidation sites excluding steroid dienone is 5. The van der Waals surface area contributed by atoms with Gasteiger partial charge in [0.2, 0.25) is 0 Å². The summed E-state index contributed by atoms with van der Waals surface area (Å²) in [6, 6.07) is 66.9. The molecule has 9 aromatic carbocycles. The molecule has 1 N–H and O–H groups in total. The van der Waals surface area contributed by atoms with Gasteiger partial charge in [0.1, 0.15) is 0 Å². The van der Waals surface area contributed by atoms with E-state index in [-0.39, 0.29) is 0 Å². The third-order valence-corrected chi connectivity index (χ3v) is 12.3. The molecule has 1 unspecified atom stereocenters. The smallest absolute Gasteiger partial charge is 0.0729 e. The fourth-order valence-electron chi connectivity index (χ4n) is 9.22. The van der Waals surface area contributed by atoms with Gasteiger partial charge in [-0.05, 0) is 103 Å². The molecule has 288 valence electrons. The molecule has 0 spiro atoms. The Labute approximate surface area is 355 Å². The van der Waals surface area contributed by atoms with Crippen molar-refractivity contribution in [2.24, 2.45) is 4.99 Å². The van der Waals surface area contributed by atoms with Gasteiger partial charge in [0.15, 0.2) is 0 Å². The van der Waals surface area contributed by atoms with E-state index in [4.69, 9.17) is 4.99 Å². The molecule has 0 fully saturated rings. The lowest BCUT2D eigenvalue weighted by atomic mass is 9.91. The molecular weight excluding hydrogens is 739 g/mol. The summed E-state index contributed by atoms with van der Waals surface area (Å²) >= 11 is 0. The summed E-state index contributed by atoms with van der Waals surface area (Å²) in [5.74, 6) is 0.350. The number of rotatable bonds is 8. The zero-order valence-electron chi connectivity index (χ0n) is 33.5. The number of aliphatic imine (C=N–C) groups is 1. The van der Waals surface area contributed by atoms with Crippen molar-refractivity contribution in [3.05, 3.63) is 241 Å². The highest BCUT2D eigenvalue weighted by molar-refractivity contribution is 6.21. The molecule has 0 saturated heterocycles. The van der Waals surface area contributed by atoms with Crippen LogP contribution in [0.1, 0.15) is 34.6 Å². The molecule has 1 aliphatic rings. The molecule has 1 heterocycles. The zero-order chi connectivity index (χ0) is 40.7. The van der Waals surface area contributed by atoms with Gasteiger partial charge >= 0.3 is 0 Å². The van der Waals surface area contributed by atoms with Crippen molar-refractivity contribution in [3.63, 3.8) is 0 Å². The van der Waals surface area contributed by atoms with Crippen molar-refractivity contribution in [1.82, 2.24) is 4.57 Å². The number of benzene rings is 9.